The van der Waals surface area contributed by atoms with Crippen molar-refractivity contribution in [1.29, 1.82) is 5.41 Å². The number of piperidine rings is 1. The Morgan fingerprint density at radius 1 is 1.16 bits per heavy atom. The molecule has 1 aliphatic carbocycles. The minimum atomic E-state index is -1.23. The number of ether oxygens (including phenoxy) is 3. The molecule has 1 saturated heterocycles. The van der Waals surface area contributed by atoms with Crippen LogP contribution in [0.2, 0.25) is 0 Å². The van der Waals surface area contributed by atoms with Gasteiger partial charge in [0.25, 0.3) is 5.88 Å². The SMILES string of the molecule is CCOC(=O)C1C2CCC1N(c1ccc(Oc3c(F)cnc(Oc4cc(C(=N)N)ccc4O)c3F)c(C3N=CCN3C)c1)C2. The van der Waals surface area contributed by atoms with E-state index >= 15 is 8.78 Å². The highest BCUT2D eigenvalue weighted by atomic mass is 19.1. The number of nitrogens with two attached hydrogens (primary N) is 1. The molecule has 2 bridgehead atoms. The lowest BCUT2D eigenvalue weighted by Gasteiger charge is -2.31. The number of anilines is 1. The van der Waals surface area contributed by atoms with Gasteiger partial charge >= 0.3 is 5.97 Å². The van der Waals surface area contributed by atoms with Gasteiger partial charge in [-0.1, -0.05) is 0 Å². The Hall–Kier alpha value is -4.78. The molecule has 11 nitrogen and oxygen atoms in total. The maximum atomic E-state index is 15.7. The molecule has 0 amide bonds. The summed E-state index contributed by atoms with van der Waals surface area (Å²) in [5.41, 5.74) is 7.17. The summed E-state index contributed by atoms with van der Waals surface area (Å²) in [5.74, 6) is -4.58. The first-order valence-electron chi connectivity index (χ1n) is 14.3. The number of benzene rings is 2. The van der Waals surface area contributed by atoms with Gasteiger partial charge in [0.1, 0.15) is 17.8 Å². The number of pyridine rings is 1. The topological polar surface area (TPSA) is 147 Å². The van der Waals surface area contributed by atoms with Gasteiger partial charge in [0, 0.05) is 42.2 Å². The number of aromatic nitrogens is 1. The number of amidine groups is 1. The first-order chi connectivity index (χ1) is 21.2. The van der Waals surface area contributed by atoms with E-state index in [2.05, 4.69) is 14.9 Å². The first-order valence-corrected chi connectivity index (χ1v) is 14.3. The monoisotopic (exact) mass is 606 g/mol. The van der Waals surface area contributed by atoms with Crippen molar-refractivity contribution in [2.75, 3.05) is 31.6 Å². The van der Waals surface area contributed by atoms with Crippen molar-refractivity contribution < 1.29 is 32.9 Å². The molecule has 3 aliphatic rings. The van der Waals surface area contributed by atoms with E-state index in [-0.39, 0.29) is 52.5 Å². The van der Waals surface area contributed by atoms with Crippen molar-refractivity contribution in [3.8, 4) is 28.9 Å². The molecular formula is C31H32F2N6O5. The van der Waals surface area contributed by atoms with Gasteiger partial charge in [-0.2, -0.15) is 4.39 Å². The van der Waals surface area contributed by atoms with Crippen LogP contribution in [0.25, 0.3) is 0 Å². The molecule has 3 heterocycles. The lowest BCUT2D eigenvalue weighted by molar-refractivity contribution is -0.148. The van der Waals surface area contributed by atoms with Crippen LogP contribution in [-0.2, 0) is 9.53 Å². The largest absolute Gasteiger partial charge is 0.504 e. The fraction of sp³-hybridized carbons (Fsp3) is 0.355. The number of carbonyl (C=O) groups excluding carboxylic acids is 1. The second-order valence-electron chi connectivity index (χ2n) is 11.1. The third-order valence-electron chi connectivity index (χ3n) is 8.37. The van der Waals surface area contributed by atoms with Crippen LogP contribution in [-0.4, -0.2) is 65.8 Å². The highest BCUT2D eigenvalue weighted by molar-refractivity contribution is 5.95. The second-order valence-corrected chi connectivity index (χ2v) is 11.1. The van der Waals surface area contributed by atoms with Gasteiger partial charge in [0.2, 0.25) is 11.6 Å². The molecule has 0 radical (unpaired) electrons. The summed E-state index contributed by atoms with van der Waals surface area (Å²) >= 11 is 0. The van der Waals surface area contributed by atoms with Crippen molar-refractivity contribution in [1.82, 2.24) is 9.88 Å². The van der Waals surface area contributed by atoms with Crippen LogP contribution in [0.15, 0.2) is 47.6 Å². The van der Waals surface area contributed by atoms with Crippen LogP contribution in [0.5, 0.6) is 28.9 Å². The Labute approximate surface area is 252 Å². The predicted molar refractivity (Wildman–Crippen MR) is 158 cm³/mol. The van der Waals surface area contributed by atoms with E-state index in [0.717, 1.165) is 24.7 Å². The average molecular weight is 607 g/mol. The molecule has 0 spiro atoms. The fourth-order valence-corrected chi connectivity index (χ4v) is 6.28. The zero-order chi connectivity index (χ0) is 31.1. The molecule has 44 heavy (non-hydrogen) atoms. The highest BCUT2D eigenvalue weighted by Crippen LogP contribution is 2.47. The highest BCUT2D eigenvalue weighted by Gasteiger charge is 2.51. The normalized spacial score (nSPS) is 22.4. The summed E-state index contributed by atoms with van der Waals surface area (Å²) in [6.45, 7) is 3.41. The number of hydrogen-bond acceptors (Lipinski definition) is 10. The zero-order valence-electron chi connectivity index (χ0n) is 24.2. The second kappa shape index (κ2) is 11.7. The quantitative estimate of drug-likeness (QED) is 0.179. The number of phenols is 1. The van der Waals surface area contributed by atoms with Crippen molar-refractivity contribution in [3.63, 3.8) is 0 Å². The molecule has 4 unspecified atom stereocenters. The molecule has 2 aromatic carbocycles. The molecule has 6 rings (SSSR count). The average Bonchev–Trinajstić information content (AvgIpc) is 3.72. The number of esters is 1. The summed E-state index contributed by atoms with van der Waals surface area (Å²) in [7, 11) is 1.88. The number of rotatable bonds is 9. The third-order valence-corrected chi connectivity index (χ3v) is 8.37. The zero-order valence-corrected chi connectivity index (χ0v) is 24.2. The van der Waals surface area contributed by atoms with E-state index in [4.69, 9.17) is 25.4 Å². The van der Waals surface area contributed by atoms with Gasteiger partial charge in [0.05, 0.1) is 18.7 Å². The molecule has 2 aliphatic heterocycles. The van der Waals surface area contributed by atoms with Crippen LogP contribution in [0.1, 0.15) is 37.1 Å². The first kappa shape index (κ1) is 29.3. The Morgan fingerprint density at radius 2 is 1.98 bits per heavy atom. The molecule has 1 aromatic heterocycles. The summed E-state index contributed by atoms with van der Waals surface area (Å²) in [6, 6.07) is 9.20. The minimum absolute atomic E-state index is 0.00353. The number of nitrogens with zero attached hydrogens (tertiary/aromatic N) is 4. The predicted octanol–water partition coefficient (Wildman–Crippen LogP) is 4.73. The van der Waals surface area contributed by atoms with Crippen molar-refractivity contribution in [2.45, 2.75) is 32.0 Å². The van der Waals surface area contributed by atoms with Crippen LogP contribution < -0.4 is 20.1 Å². The molecule has 4 atom stereocenters. The number of halogens is 2. The minimum Gasteiger partial charge on any atom is -0.504 e. The number of phenolic OH excluding ortho intramolecular Hbond substituents is 1. The van der Waals surface area contributed by atoms with E-state index in [9.17, 15) is 9.90 Å². The number of aliphatic imine (C=N–C) groups is 1. The Balaban J connectivity index is 1.33. The molecular weight excluding hydrogens is 574 g/mol. The smallest absolute Gasteiger partial charge is 0.311 e. The molecule has 230 valence electrons. The van der Waals surface area contributed by atoms with Gasteiger partial charge < -0.3 is 30.0 Å². The standard InChI is InChI=1S/C31H32F2N6O5/c1-3-42-31(41)25-17-4-7-21(25)39(15-17)18-6-9-23(19(13-18)29-36-10-11-38(29)2)43-27-20(32)14-37-30(26(27)33)44-24-12-16(28(34)35)5-8-22(24)40/h5-6,8-10,12-14,17,21,25,29,40H,3-4,7,11,15H2,1-2H3,(H3,34,35). The molecule has 4 N–H and O–H groups in total. The number of carbonyl (C=O) groups is 1. The van der Waals surface area contributed by atoms with E-state index in [1.165, 1.54) is 18.2 Å². The van der Waals surface area contributed by atoms with Gasteiger partial charge in [0.15, 0.2) is 17.3 Å². The number of aromatic hydroxyl groups is 1. The maximum Gasteiger partial charge on any atom is 0.311 e. The lowest BCUT2D eigenvalue weighted by Crippen LogP contribution is -2.35. The van der Waals surface area contributed by atoms with E-state index in [1.54, 1.807) is 25.3 Å². The van der Waals surface area contributed by atoms with Crippen LogP contribution in [0.4, 0.5) is 14.5 Å². The van der Waals surface area contributed by atoms with Gasteiger partial charge in [-0.15, -0.1) is 0 Å². The van der Waals surface area contributed by atoms with E-state index in [1.807, 2.05) is 18.0 Å². The van der Waals surface area contributed by atoms with E-state index in [0.29, 0.717) is 25.3 Å². The van der Waals surface area contributed by atoms with Gasteiger partial charge in [-0.05, 0) is 69.1 Å². The fourth-order valence-electron chi connectivity index (χ4n) is 6.28. The van der Waals surface area contributed by atoms with Gasteiger partial charge in [-0.25, -0.2) is 9.37 Å². The molecule has 13 heteroatoms. The van der Waals surface area contributed by atoms with E-state index < -0.39 is 29.4 Å². The Bertz CT molecular complexity index is 1650. The lowest BCUT2D eigenvalue weighted by atomic mass is 9.99. The van der Waals surface area contributed by atoms with Crippen LogP contribution in [0.3, 0.4) is 0 Å². The molecule has 3 aromatic rings. The number of nitrogen functional groups attached to an aromatic ring is 1. The number of hydrogen-bond donors (Lipinski definition) is 3. The van der Waals surface area contributed by atoms with Crippen molar-refractivity contribution >= 4 is 23.7 Å². The van der Waals surface area contributed by atoms with Crippen LogP contribution >= 0.6 is 0 Å². The maximum absolute atomic E-state index is 15.7. The van der Waals surface area contributed by atoms with Crippen LogP contribution in [0, 0.1) is 28.9 Å². The number of fused-ring (bicyclic) bond motifs is 2. The Morgan fingerprint density at radius 3 is 2.70 bits per heavy atom. The summed E-state index contributed by atoms with van der Waals surface area (Å²) < 4.78 is 47.4. The summed E-state index contributed by atoms with van der Waals surface area (Å²) in [6.07, 6.45) is 3.86. The molecule has 2 fully saturated rings. The third kappa shape index (κ3) is 5.27. The van der Waals surface area contributed by atoms with Crippen molar-refractivity contribution in [2.24, 2.45) is 22.6 Å². The Kier molecular flexibility index (Phi) is 7.80. The summed E-state index contributed by atoms with van der Waals surface area (Å²) in [5, 5.41) is 17.8. The van der Waals surface area contributed by atoms with Crippen molar-refractivity contribution in [3.05, 3.63) is 65.4 Å². The number of nitrogens with one attached hydrogen (secondary N) is 1. The van der Waals surface area contributed by atoms with Gasteiger partial charge in [-0.3, -0.25) is 20.1 Å². The molecule has 1 saturated carbocycles. The summed E-state index contributed by atoms with van der Waals surface area (Å²) in [4.78, 5) is 25.2.